The van der Waals surface area contributed by atoms with Crippen molar-refractivity contribution in [2.24, 2.45) is 0 Å². The van der Waals surface area contributed by atoms with E-state index in [0.29, 0.717) is 11.3 Å². The van der Waals surface area contributed by atoms with Gasteiger partial charge in [-0.1, -0.05) is 18.2 Å². The van der Waals surface area contributed by atoms with E-state index in [-0.39, 0.29) is 5.91 Å². The second-order valence-electron chi connectivity index (χ2n) is 4.41. The second kappa shape index (κ2) is 7.21. The molecule has 1 atom stereocenters. The zero-order valence-corrected chi connectivity index (χ0v) is 13.5. The molecule has 0 aliphatic rings. The highest BCUT2D eigenvalue weighted by Gasteiger charge is 2.18. The van der Waals surface area contributed by atoms with Crippen LogP contribution in [-0.4, -0.2) is 18.0 Å². The van der Waals surface area contributed by atoms with Gasteiger partial charge in [0.15, 0.2) is 6.10 Å². The summed E-state index contributed by atoms with van der Waals surface area (Å²) in [7, 11) is 0. The molecule has 0 fully saturated rings. The number of esters is 1. The Bertz CT molecular complexity index is 626. The molecular weight excluding hydrogens is 381 g/mol. The van der Waals surface area contributed by atoms with Crippen molar-refractivity contribution in [1.82, 2.24) is 0 Å². The van der Waals surface area contributed by atoms with Crippen LogP contribution in [0.25, 0.3) is 0 Å². The number of amides is 1. The molecule has 0 unspecified atom stereocenters. The first-order valence-corrected chi connectivity index (χ1v) is 7.46. The number of hydrogen-bond donors (Lipinski definition) is 1. The summed E-state index contributed by atoms with van der Waals surface area (Å²) >= 11 is 2.15. The topological polar surface area (TPSA) is 55.4 Å². The molecule has 0 aliphatic heterocycles. The summed E-state index contributed by atoms with van der Waals surface area (Å²) in [5, 5.41) is 2.69. The molecule has 1 N–H and O–H groups in total. The van der Waals surface area contributed by atoms with Crippen molar-refractivity contribution in [1.29, 1.82) is 0 Å². The minimum Gasteiger partial charge on any atom is -0.449 e. The molecule has 0 spiro atoms. The van der Waals surface area contributed by atoms with Crippen LogP contribution >= 0.6 is 22.6 Å². The first-order chi connectivity index (χ1) is 10.1. The molecule has 0 aliphatic carbocycles. The molecule has 2 aromatic carbocycles. The molecule has 0 saturated heterocycles. The number of carbonyl (C=O) groups is 2. The summed E-state index contributed by atoms with van der Waals surface area (Å²) in [4.78, 5) is 23.9. The van der Waals surface area contributed by atoms with Gasteiger partial charge in [0, 0.05) is 9.26 Å². The van der Waals surface area contributed by atoms with E-state index in [1.165, 1.54) is 0 Å². The highest BCUT2D eigenvalue weighted by molar-refractivity contribution is 14.1. The van der Waals surface area contributed by atoms with Crippen LogP contribution in [0.2, 0.25) is 0 Å². The normalized spacial score (nSPS) is 11.5. The van der Waals surface area contributed by atoms with Crippen molar-refractivity contribution in [3.8, 4) is 0 Å². The van der Waals surface area contributed by atoms with E-state index < -0.39 is 12.1 Å². The summed E-state index contributed by atoms with van der Waals surface area (Å²) < 4.78 is 6.18. The second-order valence-corrected chi connectivity index (χ2v) is 5.66. The van der Waals surface area contributed by atoms with Crippen LogP contribution in [0.3, 0.4) is 0 Å². The van der Waals surface area contributed by atoms with Crippen molar-refractivity contribution in [2.75, 3.05) is 5.32 Å². The zero-order chi connectivity index (χ0) is 15.2. The highest BCUT2D eigenvalue weighted by atomic mass is 127. The third kappa shape index (κ3) is 4.56. The van der Waals surface area contributed by atoms with Crippen LogP contribution < -0.4 is 5.32 Å². The number of para-hydroxylation sites is 1. The molecule has 4 nitrogen and oxygen atoms in total. The molecule has 0 aromatic heterocycles. The van der Waals surface area contributed by atoms with Crippen molar-refractivity contribution < 1.29 is 14.3 Å². The number of anilines is 1. The Hall–Kier alpha value is -1.89. The maximum absolute atomic E-state index is 11.9. The number of halogens is 1. The Balaban J connectivity index is 1.94. The average molecular weight is 395 g/mol. The van der Waals surface area contributed by atoms with Gasteiger partial charge in [-0.2, -0.15) is 0 Å². The van der Waals surface area contributed by atoms with Gasteiger partial charge < -0.3 is 10.1 Å². The van der Waals surface area contributed by atoms with E-state index in [9.17, 15) is 9.59 Å². The number of benzene rings is 2. The van der Waals surface area contributed by atoms with Crippen molar-refractivity contribution >= 4 is 40.2 Å². The molecule has 2 aromatic rings. The lowest BCUT2D eigenvalue weighted by molar-refractivity contribution is -0.123. The Morgan fingerprint density at radius 3 is 2.29 bits per heavy atom. The molecule has 0 radical (unpaired) electrons. The Morgan fingerprint density at radius 1 is 1.05 bits per heavy atom. The SMILES string of the molecule is C[C@H](OC(=O)c1ccc(I)cc1)C(=O)Nc1ccccc1. The predicted octanol–water partition coefficient (Wildman–Crippen LogP) is 3.48. The van der Waals surface area contributed by atoms with Gasteiger partial charge in [0.2, 0.25) is 0 Å². The van der Waals surface area contributed by atoms with Gasteiger partial charge in [-0.25, -0.2) is 4.79 Å². The van der Waals surface area contributed by atoms with Gasteiger partial charge in [0.05, 0.1) is 5.56 Å². The number of rotatable bonds is 4. The average Bonchev–Trinajstić information content (AvgIpc) is 2.48. The van der Waals surface area contributed by atoms with Crippen LogP contribution in [0.1, 0.15) is 17.3 Å². The van der Waals surface area contributed by atoms with E-state index in [1.807, 2.05) is 30.3 Å². The maximum Gasteiger partial charge on any atom is 0.338 e. The lowest BCUT2D eigenvalue weighted by Crippen LogP contribution is -2.29. The van der Waals surface area contributed by atoms with Gasteiger partial charge in [0.1, 0.15) is 0 Å². The Labute approximate surface area is 136 Å². The molecule has 5 heteroatoms. The monoisotopic (exact) mass is 395 g/mol. The lowest BCUT2D eigenvalue weighted by atomic mass is 10.2. The minimum atomic E-state index is -0.864. The third-order valence-corrected chi connectivity index (χ3v) is 3.49. The zero-order valence-electron chi connectivity index (χ0n) is 11.4. The van der Waals surface area contributed by atoms with Crippen LogP contribution in [0.4, 0.5) is 5.69 Å². The van der Waals surface area contributed by atoms with Crippen LogP contribution in [0, 0.1) is 3.57 Å². The largest absolute Gasteiger partial charge is 0.449 e. The third-order valence-electron chi connectivity index (χ3n) is 2.77. The van der Waals surface area contributed by atoms with E-state index in [0.717, 1.165) is 3.57 Å². The summed E-state index contributed by atoms with van der Waals surface area (Å²) in [5.74, 6) is -0.873. The Morgan fingerprint density at radius 2 is 1.67 bits per heavy atom. The predicted molar refractivity (Wildman–Crippen MR) is 89.1 cm³/mol. The van der Waals surface area contributed by atoms with Gasteiger partial charge in [-0.05, 0) is 65.9 Å². The molecule has 108 valence electrons. The van der Waals surface area contributed by atoms with Crippen molar-refractivity contribution in [3.63, 3.8) is 0 Å². The number of ether oxygens (including phenoxy) is 1. The Kier molecular flexibility index (Phi) is 5.32. The highest BCUT2D eigenvalue weighted by Crippen LogP contribution is 2.10. The minimum absolute atomic E-state index is 0.361. The van der Waals surface area contributed by atoms with Gasteiger partial charge in [-0.3, -0.25) is 4.79 Å². The molecule has 2 rings (SSSR count). The first-order valence-electron chi connectivity index (χ1n) is 6.39. The molecule has 21 heavy (non-hydrogen) atoms. The van der Waals surface area contributed by atoms with Crippen LogP contribution in [0.5, 0.6) is 0 Å². The number of hydrogen-bond acceptors (Lipinski definition) is 3. The lowest BCUT2D eigenvalue weighted by Gasteiger charge is -2.13. The molecule has 1 amide bonds. The molecule has 0 bridgehead atoms. The number of carbonyl (C=O) groups excluding carboxylic acids is 2. The van der Waals surface area contributed by atoms with Crippen molar-refractivity contribution in [2.45, 2.75) is 13.0 Å². The van der Waals surface area contributed by atoms with Crippen molar-refractivity contribution in [3.05, 3.63) is 63.7 Å². The standard InChI is InChI=1S/C16H14INO3/c1-11(15(19)18-14-5-3-2-4-6-14)21-16(20)12-7-9-13(17)10-8-12/h2-11H,1H3,(H,18,19)/t11-/m0/s1. The fourth-order valence-electron chi connectivity index (χ4n) is 1.63. The smallest absolute Gasteiger partial charge is 0.338 e. The van der Waals surface area contributed by atoms with Crippen LogP contribution in [-0.2, 0) is 9.53 Å². The molecule has 0 heterocycles. The summed E-state index contributed by atoms with van der Waals surface area (Å²) in [6, 6.07) is 16.0. The first kappa shape index (κ1) is 15.5. The van der Waals surface area contributed by atoms with E-state index in [1.54, 1.807) is 31.2 Å². The van der Waals surface area contributed by atoms with Gasteiger partial charge in [0.25, 0.3) is 5.91 Å². The number of nitrogens with one attached hydrogen (secondary N) is 1. The van der Waals surface area contributed by atoms with Crippen LogP contribution in [0.15, 0.2) is 54.6 Å². The molecule has 0 saturated carbocycles. The molecular formula is C16H14INO3. The fraction of sp³-hybridized carbons (Fsp3) is 0.125. The van der Waals surface area contributed by atoms with E-state index in [2.05, 4.69) is 27.9 Å². The van der Waals surface area contributed by atoms with Gasteiger partial charge in [-0.15, -0.1) is 0 Å². The van der Waals surface area contributed by atoms with E-state index >= 15 is 0 Å². The van der Waals surface area contributed by atoms with Gasteiger partial charge >= 0.3 is 5.97 Å². The quantitative estimate of drug-likeness (QED) is 0.637. The summed E-state index contributed by atoms with van der Waals surface area (Å²) in [5.41, 5.74) is 1.09. The fourth-order valence-corrected chi connectivity index (χ4v) is 1.99. The summed E-state index contributed by atoms with van der Waals surface area (Å²) in [6.07, 6.45) is -0.864. The summed E-state index contributed by atoms with van der Waals surface area (Å²) in [6.45, 7) is 1.54. The van der Waals surface area contributed by atoms with E-state index in [4.69, 9.17) is 4.74 Å². The maximum atomic E-state index is 11.9.